The van der Waals surface area contributed by atoms with Crippen LogP contribution in [0, 0.1) is 0 Å². The molecule has 1 aromatic rings. The lowest BCUT2D eigenvalue weighted by atomic mass is 10.0. The van der Waals surface area contributed by atoms with E-state index in [9.17, 15) is 9.90 Å². The van der Waals surface area contributed by atoms with Gasteiger partial charge in [0.25, 0.3) is 0 Å². The van der Waals surface area contributed by atoms with E-state index in [-0.39, 0.29) is 11.5 Å². The van der Waals surface area contributed by atoms with Crippen molar-refractivity contribution in [3.05, 3.63) is 23.8 Å². The molecule has 0 bridgehead atoms. The Morgan fingerprint density at radius 3 is 2.71 bits per heavy atom. The summed E-state index contributed by atoms with van der Waals surface area (Å²) in [5.41, 5.74) is 0.379. The SMILES string of the molecule is COc1ccc(C(=O)CCCCCBr)c(O)c1. The predicted octanol–water partition coefficient (Wildman–Crippen LogP) is 3.54. The number of hydrogen-bond donors (Lipinski definition) is 1. The molecule has 0 spiro atoms. The average molecular weight is 301 g/mol. The van der Waals surface area contributed by atoms with Crippen LogP contribution >= 0.6 is 15.9 Å². The number of ether oxygens (including phenoxy) is 1. The molecule has 1 N–H and O–H groups in total. The van der Waals surface area contributed by atoms with Crippen LogP contribution in [0.15, 0.2) is 18.2 Å². The van der Waals surface area contributed by atoms with Crippen molar-refractivity contribution in [1.29, 1.82) is 0 Å². The van der Waals surface area contributed by atoms with Gasteiger partial charge in [-0.25, -0.2) is 0 Å². The first kappa shape index (κ1) is 14.0. The zero-order valence-corrected chi connectivity index (χ0v) is 11.5. The molecule has 17 heavy (non-hydrogen) atoms. The van der Waals surface area contributed by atoms with Gasteiger partial charge in [-0.15, -0.1) is 0 Å². The number of carbonyl (C=O) groups excluding carboxylic acids is 1. The zero-order chi connectivity index (χ0) is 12.7. The van der Waals surface area contributed by atoms with E-state index in [1.165, 1.54) is 13.2 Å². The van der Waals surface area contributed by atoms with Crippen molar-refractivity contribution >= 4 is 21.7 Å². The molecule has 4 heteroatoms. The fraction of sp³-hybridized carbons (Fsp3) is 0.462. The summed E-state index contributed by atoms with van der Waals surface area (Å²) in [5.74, 6) is 0.535. The van der Waals surface area contributed by atoms with E-state index in [4.69, 9.17) is 4.74 Å². The second-order valence-corrected chi connectivity index (χ2v) is 4.60. The summed E-state index contributed by atoms with van der Waals surface area (Å²) in [5, 5.41) is 10.7. The maximum atomic E-state index is 11.8. The van der Waals surface area contributed by atoms with Gasteiger partial charge in [0.05, 0.1) is 12.7 Å². The highest BCUT2D eigenvalue weighted by molar-refractivity contribution is 9.09. The first-order chi connectivity index (χ1) is 8.19. The van der Waals surface area contributed by atoms with Crippen molar-refractivity contribution in [2.24, 2.45) is 0 Å². The number of carbonyl (C=O) groups is 1. The standard InChI is InChI=1S/C13H17BrO3/c1-17-10-6-7-11(13(16)9-10)12(15)5-3-2-4-8-14/h6-7,9,16H,2-5,8H2,1H3. The molecule has 0 saturated heterocycles. The molecule has 0 aromatic heterocycles. The van der Waals surface area contributed by atoms with Gasteiger partial charge in [0, 0.05) is 17.8 Å². The Hall–Kier alpha value is -1.03. The molecule has 0 unspecified atom stereocenters. The second kappa shape index (κ2) is 7.33. The molecule has 0 aliphatic heterocycles. The quantitative estimate of drug-likeness (QED) is 0.476. The Kier molecular flexibility index (Phi) is 6.05. The minimum Gasteiger partial charge on any atom is -0.507 e. The number of aromatic hydroxyl groups is 1. The van der Waals surface area contributed by atoms with Crippen molar-refractivity contribution in [2.45, 2.75) is 25.7 Å². The normalized spacial score (nSPS) is 10.2. The Morgan fingerprint density at radius 2 is 2.12 bits per heavy atom. The number of methoxy groups -OCH3 is 1. The van der Waals surface area contributed by atoms with Gasteiger partial charge >= 0.3 is 0 Å². The number of Topliss-reactive ketones (excluding diaryl/α,β-unsaturated/α-hetero) is 1. The number of unbranched alkanes of at least 4 members (excludes halogenated alkanes) is 2. The number of ketones is 1. The van der Waals surface area contributed by atoms with E-state index >= 15 is 0 Å². The molecule has 0 aliphatic rings. The van der Waals surface area contributed by atoms with Crippen LogP contribution < -0.4 is 4.74 Å². The molecule has 0 amide bonds. The zero-order valence-electron chi connectivity index (χ0n) is 9.91. The van der Waals surface area contributed by atoms with Gasteiger partial charge in [-0.3, -0.25) is 4.79 Å². The summed E-state index contributed by atoms with van der Waals surface area (Å²) >= 11 is 3.35. The van der Waals surface area contributed by atoms with E-state index < -0.39 is 0 Å². The van der Waals surface area contributed by atoms with Crippen LogP contribution in [-0.2, 0) is 0 Å². The second-order valence-electron chi connectivity index (χ2n) is 3.81. The molecule has 3 nitrogen and oxygen atoms in total. The van der Waals surface area contributed by atoms with E-state index in [0.717, 1.165) is 24.6 Å². The topological polar surface area (TPSA) is 46.5 Å². The highest BCUT2D eigenvalue weighted by atomic mass is 79.9. The van der Waals surface area contributed by atoms with Crippen molar-refractivity contribution in [2.75, 3.05) is 12.4 Å². The fourth-order valence-corrected chi connectivity index (χ4v) is 1.96. The van der Waals surface area contributed by atoms with Crippen LogP contribution in [0.4, 0.5) is 0 Å². The van der Waals surface area contributed by atoms with Crippen LogP contribution in [0.25, 0.3) is 0 Å². The average Bonchev–Trinajstić information content (AvgIpc) is 2.34. The fourth-order valence-electron chi connectivity index (χ4n) is 1.57. The van der Waals surface area contributed by atoms with E-state index in [0.29, 0.717) is 17.7 Å². The third-order valence-corrected chi connectivity index (χ3v) is 3.10. The number of halogens is 1. The maximum absolute atomic E-state index is 11.8. The van der Waals surface area contributed by atoms with Gasteiger partial charge in [0.15, 0.2) is 5.78 Å². The lowest BCUT2D eigenvalue weighted by molar-refractivity contribution is 0.0976. The van der Waals surface area contributed by atoms with Crippen LogP contribution in [0.2, 0.25) is 0 Å². The Labute approximate surface area is 110 Å². The van der Waals surface area contributed by atoms with Gasteiger partial charge in [-0.05, 0) is 25.0 Å². The van der Waals surface area contributed by atoms with Crippen LogP contribution in [0.1, 0.15) is 36.0 Å². The molecule has 1 rings (SSSR count). The molecule has 0 aliphatic carbocycles. The number of alkyl halides is 1. The first-order valence-electron chi connectivity index (χ1n) is 5.65. The molecule has 1 aromatic carbocycles. The van der Waals surface area contributed by atoms with E-state index in [1.807, 2.05) is 0 Å². The minimum atomic E-state index is -0.0141. The lowest BCUT2D eigenvalue weighted by Crippen LogP contribution is -1.99. The maximum Gasteiger partial charge on any atom is 0.166 e. The molecule has 0 saturated carbocycles. The van der Waals surface area contributed by atoms with Crippen LogP contribution in [0.5, 0.6) is 11.5 Å². The number of phenolic OH excluding ortho intramolecular Hbond substituents is 1. The van der Waals surface area contributed by atoms with Crippen molar-refractivity contribution in [3.8, 4) is 11.5 Å². The largest absolute Gasteiger partial charge is 0.507 e. The summed E-state index contributed by atoms with van der Waals surface area (Å²) in [6.07, 6.45) is 3.43. The minimum absolute atomic E-state index is 0.00478. The summed E-state index contributed by atoms with van der Waals surface area (Å²) < 4.78 is 4.97. The van der Waals surface area contributed by atoms with Gasteiger partial charge in [-0.2, -0.15) is 0 Å². The number of phenols is 1. The van der Waals surface area contributed by atoms with E-state index in [1.54, 1.807) is 12.1 Å². The first-order valence-corrected chi connectivity index (χ1v) is 6.77. The van der Waals surface area contributed by atoms with E-state index in [2.05, 4.69) is 15.9 Å². The molecule has 0 heterocycles. The summed E-state index contributed by atoms with van der Waals surface area (Å²) in [6, 6.07) is 4.76. The predicted molar refractivity (Wildman–Crippen MR) is 71.3 cm³/mol. The smallest absolute Gasteiger partial charge is 0.166 e. The molecule has 0 radical (unpaired) electrons. The molecular formula is C13H17BrO3. The Bertz CT molecular complexity index is 377. The monoisotopic (exact) mass is 300 g/mol. The van der Waals surface area contributed by atoms with Crippen LogP contribution in [-0.4, -0.2) is 23.3 Å². The van der Waals surface area contributed by atoms with Gasteiger partial charge in [0.1, 0.15) is 11.5 Å². The van der Waals surface area contributed by atoms with Gasteiger partial charge in [-0.1, -0.05) is 22.4 Å². The summed E-state index contributed by atoms with van der Waals surface area (Å²) in [7, 11) is 1.52. The Morgan fingerprint density at radius 1 is 1.35 bits per heavy atom. The third-order valence-electron chi connectivity index (χ3n) is 2.54. The summed E-state index contributed by atoms with van der Waals surface area (Å²) in [4.78, 5) is 11.8. The van der Waals surface area contributed by atoms with Gasteiger partial charge < -0.3 is 9.84 Å². The molecule has 0 atom stereocenters. The highest BCUT2D eigenvalue weighted by Crippen LogP contribution is 2.25. The van der Waals surface area contributed by atoms with Crippen molar-refractivity contribution in [1.82, 2.24) is 0 Å². The van der Waals surface area contributed by atoms with Crippen molar-refractivity contribution in [3.63, 3.8) is 0 Å². The summed E-state index contributed by atoms with van der Waals surface area (Å²) in [6.45, 7) is 0. The number of rotatable bonds is 7. The van der Waals surface area contributed by atoms with Crippen molar-refractivity contribution < 1.29 is 14.6 Å². The lowest BCUT2D eigenvalue weighted by Gasteiger charge is -2.06. The van der Waals surface area contributed by atoms with Gasteiger partial charge in [0.2, 0.25) is 0 Å². The third kappa shape index (κ3) is 4.38. The molecule has 94 valence electrons. The number of benzene rings is 1. The number of hydrogen-bond acceptors (Lipinski definition) is 3. The molecular weight excluding hydrogens is 284 g/mol. The molecule has 0 fully saturated rings. The Balaban J connectivity index is 2.57. The van der Waals surface area contributed by atoms with Crippen LogP contribution in [0.3, 0.4) is 0 Å². The highest BCUT2D eigenvalue weighted by Gasteiger charge is 2.11.